The van der Waals surface area contributed by atoms with Gasteiger partial charge in [0.05, 0.1) is 0 Å². The van der Waals surface area contributed by atoms with E-state index >= 15 is 0 Å². The molecule has 2 aromatic carbocycles. The molecule has 2 atom stereocenters. The first-order valence-corrected chi connectivity index (χ1v) is 9.09. The Balaban J connectivity index is 0.00000182. The number of likely N-dealkylation sites (tertiary alicyclic amines) is 1. The molecule has 1 aliphatic rings. The predicted octanol–water partition coefficient (Wildman–Crippen LogP) is 4.44. The highest BCUT2D eigenvalue weighted by molar-refractivity contribution is 5.86. The van der Waals surface area contributed by atoms with Crippen LogP contribution in [0.5, 0.6) is 0 Å². The lowest BCUT2D eigenvalue weighted by Gasteiger charge is -2.35. The molecule has 1 saturated heterocycles. The molecule has 0 aromatic heterocycles. The van der Waals surface area contributed by atoms with E-state index in [4.69, 9.17) is 11.1 Å². The Bertz CT molecular complexity index is 709. The van der Waals surface area contributed by atoms with Crippen LogP contribution in [0.25, 0.3) is 0 Å². The lowest BCUT2D eigenvalue weighted by molar-refractivity contribution is 0.207. The average molecular weight is 341 g/mol. The van der Waals surface area contributed by atoms with Crippen LogP contribution >= 0.6 is 0 Å². The average Bonchev–Trinajstić information content (AvgIpc) is 2.64. The molecule has 0 amide bonds. The SMILES string of the molecule is CC(CN1CCCC(Nc2ccc(N)c(C=N)c2)C1)c1ccccc1.[HH].[HH]. The van der Waals surface area contributed by atoms with Crippen molar-refractivity contribution in [2.75, 3.05) is 30.7 Å². The van der Waals surface area contributed by atoms with Crippen molar-refractivity contribution in [1.82, 2.24) is 4.90 Å². The van der Waals surface area contributed by atoms with Gasteiger partial charge in [0.1, 0.15) is 0 Å². The number of hydrogen-bond acceptors (Lipinski definition) is 4. The van der Waals surface area contributed by atoms with Gasteiger partial charge in [-0.15, -0.1) is 0 Å². The first-order valence-electron chi connectivity index (χ1n) is 9.09. The van der Waals surface area contributed by atoms with Crippen molar-refractivity contribution < 1.29 is 2.85 Å². The highest BCUT2D eigenvalue weighted by Crippen LogP contribution is 2.22. The van der Waals surface area contributed by atoms with E-state index in [9.17, 15) is 0 Å². The van der Waals surface area contributed by atoms with Crippen molar-refractivity contribution in [2.24, 2.45) is 0 Å². The predicted molar refractivity (Wildman–Crippen MR) is 111 cm³/mol. The van der Waals surface area contributed by atoms with Crippen molar-refractivity contribution >= 4 is 17.6 Å². The number of nitrogens with zero attached hydrogens (tertiary/aromatic N) is 1. The summed E-state index contributed by atoms with van der Waals surface area (Å²) < 4.78 is 0. The Hall–Kier alpha value is -2.33. The summed E-state index contributed by atoms with van der Waals surface area (Å²) in [6, 6.07) is 17.0. The van der Waals surface area contributed by atoms with Gasteiger partial charge < -0.3 is 21.4 Å². The molecule has 3 rings (SSSR count). The number of benzene rings is 2. The highest BCUT2D eigenvalue weighted by Gasteiger charge is 2.21. The van der Waals surface area contributed by atoms with Crippen LogP contribution in [-0.2, 0) is 0 Å². The van der Waals surface area contributed by atoms with E-state index in [0.29, 0.717) is 17.6 Å². The van der Waals surface area contributed by atoms with Gasteiger partial charge in [-0.2, -0.15) is 0 Å². The van der Waals surface area contributed by atoms with Crippen LogP contribution in [0.3, 0.4) is 0 Å². The number of nitrogen functional groups attached to an aromatic ring is 1. The first kappa shape index (κ1) is 17.5. The maximum absolute atomic E-state index is 7.45. The minimum absolute atomic E-state index is 0. The van der Waals surface area contributed by atoms with Gasteiger partial charge in [0, 0.05) is 45.1 Å². The van der Waals surface area contributed by atoms with E-state index in [1.165, 1.54) is 31.2 Å². The molecule has 0 spiro atoms. The summed E-state index contributed by atoms with van der Waals surface area (Å²) >= 11 is 0. The molecule has 2 unspecified atom stereocenters. The van der Waals surface area contributed by atoms with Crippen LogP contribution in [0.2, 0.25) is 0 Å². The lowest BCUT2D eigenvalue weighted by Crippen LogP contribution is -2.43. The standard InChI is InChI=1S/C21H28N4.2H2/c1-16(17-6-3-2-4-7-17)14-25-11-5-8-20(15-25)24-19-9-10-21(23)18(12-19)13-22;;/h2-4,6-7,9-10,12-13,16,20,22,24H,5,8,11,14-15,23H2,1H3;2*1H. The van der Waals surface area contributed by atoms with Crippen LogP contribution in [0.4, 0.5) is 11.4 Å². The quantitative estimate of drug-likeness (QED) is 0.538. The minimum Gasteiger partial charge on any atom is -0.398 e. The van der Waals surface area contributed by atoms with Crippen LogP contribution < -0.4 is 11.1 Å². The van der Waals surface area contributed by atoms with E-state index in [1.807, 2.05) is 18.2 Å². The molecule has 4 N–H and O–H groups in total. The molecule has 0 radical (unpaired) electrons. The number of anilines is 2. The molecule has 2 aromatic rings. The van der Waals surface area contributed by atoms with Gasteiger partial charge in [0.15, 0.2) is 0 Å². The molecule has 4 nitrogen and oxygen atoms in total. The number of rotatable bonds is 6. The second-order valence-corrected chi connectivity index (χ2v) is 7.04. The highest BCUT2D eigenvalue weighted by atomic mass is 15.2. The second-order valence-electron chi connectivity index (χ2n) is 7.04. The topological polar surface area (TPSA) is 65.1 Å². The maximum Gasteiger partial charge on any atom is 0.0404 e. The van der Waals surface area contributed by atoms with E-state index in [1.54, 1.807) is 0 Å². The number of nitrogens with one attached hydrogen (secondary N) is 2. The second kappa shape index (κ2) is 8.17. The monoisotopic (exact) mass is 340 g/mol. The molecule has 4 heteroatoms. The molecule has 25 heavy (non-hydrogen) atoms. The third kappa shape index (κ3) is 4.60. The Morgan fingerprint density at radius 3 is 2.88 bits per heavy atom. The largest absolute Gasteiger partial charge is 0.398 e. The van der Waals surface area contributed by atoms with Gasteiger partial charge in [-0.05, 0) is 49.1 Å². The van der Waals surface area contributed by atoms with Crippen molar-refractivity contribution in [3.63, 3.8) is 0 Å². The molecule has 1 fully saturated rings. The summed E-state index contributed by atoms with van der Waals surface area (Å²) in [5.41, 5.74) is 9.77. The van der Waals surface area contributed by atoms with Crippen LogP contribution in [0.1, 0.15) is 39.7 Å². The van der Waals surface area contributed by atoms with E-state index in [-0.39, 0.29) is 2.85 Å². The summed E-state index contributed by atoms with van der Waals surface area (Å²) in [5.74, 6) is 0.543. The number of nitrogens with two attached hydrogens (primary N) is 1. The fraction of sp³-hybridized carbons (Fsp3) is 0.381. The Morgan fingerprint density at radius 2 is 2.12 bits per heavy atom. The molecular weight excluding hydrogens is 308 g/mol. The Morgan fingerprint density at radius 1 is 1.32 bits per heavy atom. The van der Waals surface area contributed by atoms with Crippen LogP contribution in [-0.4, -0.2) is 36.8 Å². The van der Waals surface area contributed by atoms with Crippen molar-refractivity contribution in [3.05, 3.63) is 59.7 Å². The number of hydrogen-bond donors (Lipinski definition) is 3. The van der Waals surface area contributed by atoms with Gasteiger partial charge in [-0.25, -0.2) is 0 Å². The fourth-order valence-corrected chi connectivity index (χ4v) is 3.64. The van der Waals surface area contributed by atoms with Crippen LogP contribution in [0.15, 0.2) is 48.5 Å². The normalized spacial score (nSPS) is 19.3. The summed E-state index contributed by atoms with van der Waals surface area (Å²) in [4.78, 5) is 2.56. The Labute approximate surface area is 153 Å². The molecule has 136 valence electrons. The number of piperidine rings is 1. The zero-order valence-corrected chi connectivity index (χ0v) is 14.9. The van der Waals surface area contributed by atoms with Crippen molar-refractivity contribution in [1.29, 1.82) is 5.41 Å². The molecule has 0 saturated carbocycles. The van der Waals surface area contributed by atoms with Gasteiger partial charge in [0.2, 0.25) is 0 Å². The summed E-state index contributed by atoms with van der Waals surface area (Å²) in [6.07, 6.45) is 3.71. The Kier molecular flexibility index (Phi) is 5.71. The molecule has 0 bridgehead atoms. The minimum atomic E-state index is 0. The van der Waals surface area contributed by atoms with E-state index in [0.717, 1.165) is 24.3 Å². The third-order valence-corrected chi connectivity index (χ3v) is 5.02. The first-order chi connectivity index (χ1) is 12.2. The smallest absolute Gasteiger partial charge is 0.0404 e. The zero-order valence-electron chi connectivity index (χ0n) is 14.9. The molecule has 1 aliphatic heterocycles. The van der Waals surface area contributed by atoms with Gasteiger partial charge >= 0.3 is 0 Å². The molecule has 0 aliphatic carbocycles. The van der Waals surface area contributed by atoms with E-state index < -0.39 is 0 Å². The molecule has 1 heterocycles. The van der Waals surface area contributed by atoms with Crippen molar-refractivity contribution in [2.45, 2.75) is 31.7 Å². The molecular formula is C21H32N4. The van der Waals surface area contributed by atoms with Gasteiger partial charge in [-0.1, -0.05) is 37.3 Å². The van der Waals surface area contributed by atoms with Gasteiger partial charge in [-0.3, -0.25) is 0 Å². The van der Waals surface area contributed by atoms with Crippen molar-refractivity contribution in [3.8, 4) is 0 Å². The lowest BCUT2D eigenvalue weighted by atomic mass is 9.98. The fourth-order valence-electron chi connectivity index (χ4n) is 3.64. The summed E-state index contributed by atoms with van der Waals surface area (Å²) in [5, 5.41) is 11.1. The summed E-state index contributed by atoms with van der Waals surface area (Å²) in [6.45, 7) is 5.63. The third-order valence-electron chi connectivity index (χ3n) is 5.02. The van der Waals surface area contributed by atoms with Gasteiger partial charge in [0.25, 0.3) is 0 Å². The van der Waals surface area contributed by atoms with Crippen LogP contribution in [0, 0.1) is 5.41 Å². The van der Waals surface area contributed by atoms with E-state index in [2.05, 4.69) is 47.5 Å². The maximum atomic E-state index is 7.45. The zero-order chi connectivity index (χ0) is 17.6. The summed E-state index contributed by atoms with van der Waals surface area (Å²) in [7, 11) is 0.